The van der Waals surface area contributed by atoms with Crippen LogP contribution in [0, 0.1) is 0 Å². The molecule has 8 aromatic rings. The Morgan fingerprint density at radius 2 is 0.742 bits per heavy atom. The first-order valence-corrected chi connectivity index (χ1v) is 30.7. The van der Waals surface area contributed by atoms with Crippen molar-refractivity contribution in [3.05, 3.63) is 168 Å². The molecule has 336 valence electrons. The van der Waals surface area contributed by atoms with Crippen LogP contribution < -0.4 is 37.7 Å². The van der Waals surface area contributed by atoms with E-state index in [0.717, 1.165) is 89.8 Å². The van der Waals surface area contributed by atoms with Crippen LogP contribution in [0.15, 0.2) is 152 Å². The first-order valence-electron chi connectivity index (χ1n) is 22.1. The number of nitrogens with zero attached hydrogens (tertiary/aromatic N) is 2. The van der Waals surface area contributed by atoms with E-state index >= 15 is 0 Å². The van der Waals surface area contributed by atoms with E-state index in [2.05, 4.69) is 152 Å². The average molecular weight is 945 g/mol. The molecule has 2 aromatic heterocycles. The van der Waals surface area contributed by atoms with Gasteiger partial charge in [-0.3, -0.25) is 0 Å². The van der Waals surface area contributed by atoms with E-state index in [4.69, 9.17) is 18.9 Å². The summed E-state index contributed by atoms with van der Waals surface area (Å²) in [7, 11) is 3.23. The van der Waals surface area contributed by atoms with Gasteiger partial charge in [-0.15, -0.1) is 22.7 Å². The van der Waals surface area contributed by atoms with Crippen LogP contribution in [-0.4, -0.2) is 49.7 Å². The van der Waals surface area contributed by atoms with Gasteiger partial charge in [0.1, 0.15) is 28.6 Å². The second kappa shape index (κ2) is 17.6. The quantitative estimate of drug-likeness (QED) is 0.109. The van der Waals surface area contributed by atoms with Crippen molar-refractivity contribution in [1.29, 1.82) is 0 Å². The maximum atomic E-state index is 14.5. The summed E-state index contributed by atoms with van der Waals surface area (Å²) in [6, 6.07) is 52.5. The predicted octanol–water partition coefficient (Wildman–Crippen LogP) is 13.8. The van der Waals surface area contributed by atoms with Crippen LogP contribution >= 0.6 is 22.7 Å². The SMILES string of the molecule is COc1ccc(N(c2ccc(OC)cc2)c2ccc3c(c2)C(O)(c2cc([Si](C)(C)C)sc2-c2ccc([Si](C)(C)C)s2)c2cc(N(c4ccc(OC)cc4)c4ccc(OC)cc4)ccc2-3)cc1. The van der Waals surface area contributed by atoms with Gasteiger partial charge in [-0.1, -0.05) is 57.5 Å². The molecule has 1 aliphatic carbocycles. The van der Waals surface area contributed by atoms with Gasteiger partial charge in [0.15, 0.2) is 0 Å². The third kappa shape index (κ3) is 8.24. The van der Waals surface area contributed by atoms with E-state index in [9.17, 15) is 5.11 Å². The Morgan fingerprint density at radius 3 is 1.06 bits per heavy atom. The monoisotopic (exact) mass is 944 g/mol. The van der Waals surface area contributed by atoms with Crippen molar-refractivity contribution in [2.24, 2.45) is 0 Å². The van der Waals surface area contributed by atoms with Crippen LogP contribution in [0.25, 0.3) is 20.9 Å². The fraction of sp³-hybridized carbons (Fsp3) is 0.200. The highest BCUT2D eigenvalue weighted by Crippen LogP contribution is 2.57. The summed E-state index contributed by atoms with van der Waals surface area (Å²) in [5.74, 6) is 3.09. The van der Waals surface area contributed by atoms with Crippen LogP contribution in [0.3, 0.4) is 0 Å². The lowest BCUT2D eigenvalue weighted by atomic mass is 9.83. The summed E-state index contributed by atoms with van der Waals surface area (Å²) < 4.78 is 25.1. The fourth-order valence-corrected chi connectivity index (χ4v) is 14.8. The Kier molecular flexibility index (Phi) is 12.0. The third-order valence-electron chi connectivity index (χ3n) is 12.3. The molecule has 0 spiro atoms. The molecular weight excluding hydrogens is 889 g/mol. The summed E-state index contributed by atoms with van der Waals surface area (Å²) in [5, 5.41) is 14.5. The van der Waals surface area contributed by atoms with Gasteiger partial charge in [0.25, 0.3) is 0 Å². The third-order valence-corrected chi connectivity index (χ3v) is 21.9. The molecule has 66 heavy (non-hydrogen) atoms. The molecule has 9 rings (SSSR count). The summed E-state index contributed by atoms with van der Waals surface area (Å²) in [6.45, 7) is 14.4. The molecule has 6 aromatic carbocycles. The van der Waals surface area contributed by atoms with Crippen molar-refractivity contribution >= 4 is 81.9 Å². The molecule has 0 saturated carbocycles. The Bertz CT molecular complexity index is 2760. The number of fused-ring (bicyclic) bond motifs is 3. The number of methoxy groups -OCH3 is 4. The van der Waals surface area contributed by atoms with Crippen molar-refractivity contribution in [2.75, 3.05) is 38.2 Å². The molecule has 0 saturated heterocycles. The zero-order chi connectivity index (χ0) is 46.5. The fourth-order valence-electron chi connectivity index (χ4n) is 8.74. The zero-order valence-corrected chi connectivity index (χ0v) is 42.9. The summed E-state index contributed by atoms with van der Waals surface area (Å²) in [4.78, 5) is 6.78. The van der Waals surface area contributed by atoms with Gasteiger partial charge < -0.3 is 33.9 Å². The highest BCUT2D eigenvalue weighted by Gasteiger charge is 2.47. The van der Waals surface area contributed by atoms with E-state index < -0.39 is 21.7 Å². The highest BCUT2D eigenvalue weighted by atomic mass is 32.1. The average Bonchev–Trinajstić information content (AvgIpc) is 4.07. The van der Waals surface area contributed by atoms with Gasteiger partial charge in [-0.05, 0) is 154 Å². The summed E-state index contributed by atoms with van der Waals surface area (Å²) >= 11 is 3.75. The van der Waals surface area contributed by atoms with Gasteiger partial charge in [0.05, 0.1) is 49.5 Å². The summed E-state index contributed by atoms with van der Waals surface area (Å²) in [5.41, 5.74) is 8.66. The molecule has 1 aliphatic rings. The standard InChI is InChI=1S/C55H56N2O5S2Si2/c1-59-42-21-11-36(12-22-42)56(37-13-23-43(60-2)24-14-37)40-19-29-46-47-30-20-41(57(38-15-25-44(61-3)26-16-38)39-17-27-45(62-4)28-18-39)34-49(47)55(58,48(46)33-40)50-35-53(66(8,9)10)64-54(50)51-31-32-52(63-51)65(5,6)7/h11-35,58H,1-10H3. The van der Waals surface area contributed by atoms with Crippen molar-refractivity contribution in [1.82, 2.24) is 0 Å². The number of hydrogen-bond donors (Lipinski definition) is 1. The Balaban J connectivity index is 1.31. The van der Waals surface area contributed by atoms with E-state index in [1.165, 1.54) is 13.9 Å². The van der Waals surface area contributed by atoms with Crippen LogP contribution in [0.1, 0.15) is 16.7 Å². The number of anilines is 6. The number of rotatable bonds is 14. The lowest BCUT2D eigenvalue weighted by Gasteiger charge is -2.31. The van der Waals surface area contributed by atoms with Gasteiger partial charge in [0.2, 0.25) is 0 Å². The number of hydrogen-bond acceptors (Lipinski definition) is 9. The molecule has 0 aliphatic heterocycles. The number of aliphatic hydroxyl groups is 1. The molecule has 11 heteroatoms. The minimum absolute atomic E-state index is 0.774. The maximum Gasteiger partial charge on any atom is 0.143 e. The van der Waals surface area contributed by atoms with Crippen molar-refractivity contribution in [2.45, 2.75) is 44.9 Å². The van der Waals surface area contributed by atoms with Crippen molar-refractivity contribution < 1.29 is 24.1 Å². The molecule has 0 amide bonds. The first kappa shape index (κ1) is 45.1. The smallest absolute Gasteiger partial charge is 0.143 e. The lowest BCUT2D eigenvalue weighted by molar-refractivity contribution is 0.132. The van der Waals surface area contributed by atoms with Gasteiger partial charge in [-0.25, -0.2) is 0 Å². The van der Waals surface area contributed by atoms with E-state index in [0.29, 0.717) is 0 Å². The molecular formula is C55H56N2O5S2Si2. The van der Waals surface area contributed by atoms with Crippen molar-refractivity contribution in [3.63, 3.8) is 0 Å². The van der Waals surface area contributed by atoms with Crippen LogP contribution in [-0.2, 0) is 5.60 Å². The normalized spacial score (nSPS) is 12.9. The van der Waals surface area contributed by atoms with E-state index in [-0.39, 0.29) is 0 Å². The lowest BCUT2D eigenvalue weighted by Crippen LogP contribution is -2.35. The minimum Gasteiger partial charge on any atom is -0.497 e. The molecule has 7 nitrogen and oxygen atoms in total. The molecule has 0 radical (unpaired) electrons. The Labute approximate surface area is 399 Å². The second-order valence-corrected chi connectivity index (χ2v) is 31.6. The number of thiophene rings is 2. The summed E-state index contributed by atoms with van der Waals surface area (Å²) in [6.07, 6.45) is 0. The van der Waals surface area contributed by atoms with Crippen LogP contribution in [0.4, 0.5) is 34.1 Å². The molecule has 0 unspecified atom stereocenters. The van der Waals surface area contributed by atoms with E-state index in [1.807, 2.05) is 71.2 Å². The van der Waals surface area contributed by atoms with Crippen molar-refractivity contribution in [3.8, 4) is 43.9 Å². The molecule has 0 atom stereocenters. The maximum absolute atomic E-state index is 14.5. The van der Waals surface area contributed by atoms with Crippen LogP contribution in [0.2, 0.25) is 39.3 Å². The minimum atomic E-state index is -1.88. The van der Waals surface area contributed by atoms with Gasteiger partial charge in [0, 0.05) is 55.7 Å². The zero-order valence-electron chi connectivity index (χ0n) is 39.2. The molecule has 2 heterocycles. The Hall–Kier alpha value is -6.09. The van der Waals surface area contributed by atoms with Crippen LogP contribution in [0.5, 0.6) is 23.0 Å². The largest absolute Gasteiger partial charge is 0.497 e. The first-order chi connectivity index (χ1) is 31.6. The molecule has 0 bridgehead atoms. The predicted molar refractivity (Wildman–Crippen MR) is 283 cm³/mol. The molecule has 0 fully saturated rings. The highest BCUT2D eigenvalue weighted by molar-refractivity contribution is 7.34. The topological polar surface area (TPSA) is 63.6 Å². The molecule has 1 N–H and O–H groups in total. The van der Waals surface area contributed by atoms with Gasteiger partial charge >= 0.3 is 0 Å². The number of benzene rings is 6. The number of ether oxygens (including phenoxy) is 4. The Morgan fingerprint density at radius 1 is 0.394 bits per heavy atom. The van der Waals surface area contributed by atoms with E-state index in [1.54, 1.807) is 28.4 Å². The van der Waals surface area contributed by atoms with Gasteiger partial charge in [-0.2, -0.15) is 0 Å². The second-order valence-electron chi connectivity index (χ2n) is 18.7.